The Morgan fingerprint density at radius 2 is 1.47 bits per heavy atom. The maximum absolute atomic E-state index is 12.7. The summed E-state index contributed by atoms with van der Waals surface area (Å²) in [5.41, 5.74) is -1.46. The number of hydroxylamine groups is 1. The van der Waals surface area contributed by atoms with Crippen molar-refractivity contribution in [2.45, 2.75) is 77.9 Å². The topological polar surface area (TPSA) is 77.4 Å². The second kappa shape index (κ2) is 12.3. The summed E-state index contributed by atoms with van der Waals surface area (Å²) in [5, 5.41) is 1.46. The van der Waals surface area contributed by atoms with Crippen molar-refractivity contribution < 1.29 is 23.9 Å². The Labute approximate surface area is 179 Å². The van der Waals surface area contributed by atoms with Gasteiger partial charge in [-0.15, -0.1) is 0 Å². The number of benzene rings is 1. The molecule has 1 aromatic carbocycles. The molecule has 0 saturated carbocycles. The second-order valence-electron chi connectivity index (χ2n) is 7.21. The number of carbonyl (C=O) groups excluding carboxylic acids is 2. The highest BCUT2D eigenvalue weighted by molar-refractivity contribution is 6.10. The number of esters is 2. The van der Waals surface area contributed by atoms with E-state index in [4.69, 9.17) is 14.3 Å². The van der Waals surface area contributed by atoms with Crippen LogP contribution in [0.3, 0.4) is 0 Å². The predicted molar refractivity (Wildman–Crippen MR) is 116 cm³/mol. The largest absolute Gasteiger partial charge is 0.462 e. The van der Waals surface area contributed by atoms with Crippen LogP contribution in [0.2, 0.25) is 0 Å². The quantitative estimate of drug-likeness (QED) is 0.260. The van der Waals surface area contributed by atoms with Crippen molar-refractivity contribution in [2.75, 3.05) is 18.3 Å². The number of unbranched alkanes of at least 4 members (excludes halogenated alkanes) is 6. The van der Waals surface area contributed by atoms with Gasteiger partial charge in [0, 0.05) is 6.42 Å². The summed E-state index contributed by atoms with van der Waals surface area (Å²) in [6.07, 6.45) is 8.65. The van der Waals surface area contributed by atoms with Crippen LogP contribution in [0.1, 0.15) is 72.1 Å². The van der Waals surface area contributed by atoms with Crippen LogP contribution >= 0.6 is 0 Å². The number of hydrogen-bond acceptors (Lipinski definition) is 7. The summed E-state index contributed by atoms with van der Waals surface area (Å²) in [6, 6.07) is 9.29. The van der Waals surface area contributed by atoms with E-state index in [1.54, 1.807) is 13.8 Å². The van der Waals surface area contributed by atoms with E-state index in [1.807, 2.05) is 30.3 Å². The van der Waals surface area contributed by atoms with Crippen LogP contribution in [0.4, 0.5) is 5.69 Å². The molecule has 0 aliphatic carbocycles. The molecule has 1 aliphatic rings. The molecule has 0 aromatic heterocycles. The van der Waals surface area contributed by atoms with E-state index < -0.39 is 17.7 Å². The number of anilines is 1. The van der Waals surface area contributed by atoms with Crippen molar-refractivity contribution in [3.8, 4) is 0 Å². The maximum atomic E-state index is 12.7. The standard InChI is InChI=1S/C23H34N2O5/c1-4-7-8-9-10-11-15-18-20-24-23(21(26)28-5-2,22(27)29-6-3)30-25(20)19-16-13-12-14-17-19/h12-14,16-17H,4-11,15,18H2,1-3H3. The lowest BCUT2D eigenvalue weighted by atomic mass is 10.1. The summed E-state index contributed by atoms with van der Waals surface area (Å²) < 4.78 is 10.2. The van der Waals surface area contributed by atoms with E-state index in [0.717, 1.165) is 19.3 Å². The molecule has 1 heterocycles. The lowest BCUT2D eigenvalue weighted by Gasteiger charge is -2.24. The van der Waals surface area contributed by atoms with Gasteiger partial charge >= 0.3 is 17.7 Å². The molecule has 0 saturated heterocycles. The molecule has 0 N–H and O–H groups in total. The molecule has 30 heavy (non-hydrogen) atoms. The fraction of sp³-hybridized carbons (Fsp3) is 0.609. The zero-order valence-electron chi connectivity index (χ0n) is 18.4. The van der Waals surface area contributed by atoms with Crippen molar-refractivity contribution in [1.82, 2.24) is 0 Å². The van der Waals surface area contributed by atoms with Crippen LogP contribution in [0, 0.1) is 0 Å². The first kappa shape index (κ1) is 23.9. The number of nitrogens with zero attached hydrogens (tertiary/aromatic N) is 2. The number of hydrogen-bond donors (Lipinski definition) is 0. The molecule has 0 bridgehead atoms. The Bertz CT molecular complexity index is 687. The lowest BCUT2D eigenvalue weighted by Crippen LogP contribution is -2.49. The van der Waals surface area contributed by atoms with Gasteiger partial charge in [0.15, 0.2) is 0 Å². The fourth-order valence-corrected chi connectivity index (χ4v) is 3.30. The zero-order valence-corrected chi connectivity index (χ0v) is 18.4. The number of carbonyl (C=O) groups is 2. The van der Waals surface area contributed by atoms with E-state index in [-0.39, 0.29) is 13.2 Å². The highest BCUT2D eigenvalue weighted by Crippen LogP contribution is 2.32. The Morgan fingerprint density at radius 3 is 2.03 bits per heavy atom. The average Bonchev–Trinajstić information content (AvgIpc) is 3.15. The molecule has 1 aromatic rings. The molecule has 0 atom stereocenters. The molecule has 0 fully saturated rings. The van der Waals surface area contributed by atoms with E-state index >= 15 is 0 Å². The Balaban J connectivity index is 2.20. The van der Waals surface area contributed by atoms with Gasteiger partial charge in [-0.25, -0.2) is 24.5 Å². The molecule has 0 unspecified atom stereocenters. The van der Waals surface area contributed by atoms with Gasteiger partial charge in [0.05, 0.1) is 18.9 Å². The first-order valence-electron chi connectivity index (χ1n) is 11.1. The summed E-state index contributed by atoms with van der Waals surface area (Å²) in [6.45, 7) is 5.76. The van der Waals surface area contributed by atoms with Crippen LogP contribution in [0.15, 0.2) is 35.3 Å². The molecule has 1 aliphatic heterocycles. The van der Waals surface area contributed by atoms with Crippen LogP contribution in [0.5, 0.6) is 0 Å². The number of amidine groups is 1. The highest BCUT2D eigenvalue weighted by Gasteiger charge is 2.57. The molecule has 166 valence electrons. The molecule has 7 heteroatoms. The highest BCUT2D eigenvalue weighted by atomic mass is 16.7. The predicted octanol–water partition coefficient (Wildman–Crippen LogP) is 4.80. The minimum absolute atomic E-state index is 0.108. The lowest BCUT2D eigenvalue weighted by molar-refractivity contribution is -0.186. The van der Waals surface area contributed by atoms with Gasteiger partial charge in [0.1, 0.15) is 5.84 Å². The fourth-order valence-electron chi connectivity index (χ4n) is 3.30. The minimum Gasteiger partial charge on any atom is -0.462 e. The average molecular weight is 419 g/mol. The van der Waals surface area contributed by atoms with Crippen molar-refractivity contribution >= 4 is 23.5 Å². The second-order valence-corrected chi connectivity index (χ2v) is 7.21. The zero-order chi connectivity index (χ0) is 21.8. The smallest absolute Gasteiger partial charge is 0.381 e. The van der Waals surface area contributed by atoms with Crippen molar-refractivity contribution in [2.24, 2.45) is 4.99 Å². The first-order valence-corrected chi connectivity index (χ1v) is 11.1. The van der Waals surface area contributed by atoms with Crippen molar-refractivity contribution in [3.05, 3.63) is 30.3 Å². The molecule has 0 amide bonds. The summed E-state index contributed by atoms with van der Waals surface area (Å²) in [5.74, 6) is -1.20. The molecule has 2 rings (SSSR count). The SMILES string of the molecule is CCCCCCCCCC1=NC(C(=O)OCC)(C(=O)OCC)ON1c1ccccc1. The van der Waals surface area contributed by atoms with Gasteiger partial charge in [0.25, 0.3) is 0 Å². The first-order chi connectivity index (χ1) is 14.6. The van der Waals surface area contributed by atoms with E-state index in [2.05, 4.69) is 11.9 Å². The van der Waals surface area contributed by atoms with Gasteiger partial charge in [-0.3, -0.25) is 0 Å². The summed E-state index contributed by atoms with van der Waals surface area (Å²) in [4.78, 5) is 35.7. The third-order valence-electron chi connectivity index (χ3n) is 4.84. The van der Waals surface area contributed by atoms with Crippen molar-refractivity contribution in [1.29, 1.82) is 0 Å². The summed E-state index contributed by atoms with van der Waals surface area (Å²) >= 11 is 0. The number of rotatable bonds is 13. The number of ether oxygens (including phenoxy) is 2. The molecule has 7 nitrogen and oxygen atoms in total. The van der Waals surface area contributed by atoms with Gasteiger partial charge in [-0.1, -0.05) is 63.6 Å². The van der Waals surface area contributed by atoms with Crippen LogP contribution in [-0.4, -0.2) is 36.7 Å². The third-order valence-corrected chi connectivity index (χ3v) is 4.84. The number of para-hydroxylation sites is 1. The maximum Gasteiger partial charge on any atom is 0.381 e. The van der Waals surface area contributed by atoms with Gasteiger partial charge < -0.3 is 9.47 Å². The molecular weight excluding hydrogens is 384 g/mol. The van der Waals surface area contributed by atoms with Crippen LogP contribution < -0.4 is 5.06 Å². The monoisotopic (exact) mass is 418 g/mol. The normalized spacial score (nSPS) is 15.0. The van der Waals surface area contributed by atoms with E-state index in [0.29, 0.717) is 17.9 Å². The Kier molecular flexibility index (Phi) is 9.80. The molecule has 0 radical (unpaired) electrons. The van der Waals surface area contributed by atoms with Gasteiger partial charge in [-0.05, 0) is 32.4 Å². The van der Waals surface area contributed by atoms with E-state index in [9.17, 15) is 9.59 Å². The Hall–Kier alpha value is -2.41. The third kappa shape index (κ3) is 6.05. The molecule has 0 spiro atoms. The molecular formula is C23H34N2O5. The number of aliphatic imine (C=N–C) groups is 1. The van der Waals surface area contributed by atoms with E-state index in [1.165, 1.54) is 30.7 Å². The van der Waals surface area contributed by atoms with Crippen molar-refractivity contribution in [3.63, 3.8) is 0 Å². The van der Waals surface area contributed by atoms with Crippen LogP contribution in [0.25, 0.3) is 0 Å². The van der Waals surface area contributed by atoms with Crippen LogP contribution in [-0.2, 0) is 23.9 Å². The Morgan fingerprint density at radius 1 is 0.900 bits per heavy atom. The minimum atomic E-state index is -2.15. The van der Waals surface area contributed by atoms with Gasteiger partial charge in [-0.2, -0.15) is 0 Å². The summed E-state index contributed by atoms with van der Waals surface area (Å²) in [7, 11) is 0. The van der Waals surface area contributed by atoms with Gasteiger partial charge in [0.2, 0.25) is 0 Å².